The Balaban J connectivity index is 1.95. The van der Waals surface area contributed by atoms with Crippen molar-refractivity contribution >= 4 is 17.5 Å². The quantitative estimate of drug-likeness (QED) is 0.681. The summed E-state index contributed by atoms with van der Waals surface area (Å²) in [6.45, 7) is 8.80. The normalized spacial score (nSPS) is 12.7. The molecule has 0 saturated heterocycles. The summed E-state index contributed by atoms with van der Waals surface area (Å²) in [5.74, 6) is 0.157. The number of aromatic nitrogens is 2. The van der Waals surface area contributed by atoms with Crippen molar-refractivity contribution in [2.75, 3.05) is 19.8 Å². The van der Waals surface area contributed by atoms with E-state index in [1.54, 1.807) is 19.1 Å². The fraction of sp³-hybridized carbons (Fsp3) is 0.500. The lowest BCUT2D eigenvalue weighted by atomic mass is 10.1. The van der Waals surface area contributed by atoms with Crippen molar-refractivity contribution in [1.29, 1.82) is 0 Å². The second-order valence-electron chi connectivity index (χ2n) is 6.79. The van der Waals surface area contributed by atoms with Crippen LogP contribution in [0.3, 0.4) is 0 Å². The maximum atomic E-state index is 11.9. The third-order valence-corrected chi connectivity index (χ3v) is 4.16. The number of carbonyl (C=O) groups is 1. The number of rotatable bonds is 8. The van der Waals surface area contributed by atoms with Crippen molar-refractivity contribution in [3.8, 4) is 16.2 Å². The molecule has 1 unspecified atom stereocenters. The molecule has 1 aromatic heterocycles. The van der Waals surface area contributed by atoms with E-state index >= 15 is 0 Å². The lowest BCUT2D eigenvalue weighted by molar-refractivity contribution is 0.0520. The van der Waals surface area contributed by atoms with E-state index in [1.165, 1.54) is 0 Å². The van der Waals surface area contributed by atoms with E-state index in [0.717, 1.165) is 17.1 Å². The molecule has 0 radical (unpaired) electrons. The topological polar surface area (TPSA) is 93.6 Å². The van der Waals surface area contributed by atoms with Gasteiger partial charge in [-0.1, -0.05) is 4.49 Å². The summed E-state index contributed by atoms with van der Waals surface area (Å²) in [5, 5.41) is 17.1. The molecule has 1 heterocycles. The zero-order valence-electron chi connectivity index (χ0n) is 15.5. The maximum Gasteiger partial charge on any atom is 0.360 e. The zero-order valence-corrected chi connectivity index (χ0v) is 16.3. The molecule has 0 aliphatic heterocycles. The van der Waals surface area contributed by atoms with Gasteiger partial charge in [-0.2, -0.15) is 0 Å². The van der Waals surface area contributed by atoms with Gasteiger partial charge in [0.15, 0.2) is 5.69 Å². The van der Waals surface area contributed by atoms with E-state index in [0.29, 0.717) is 17.2 Å². The molecule has 2 aromatic rings. The van der Waals surface area contributed by atoms with Crippen molar-refractivity contribution in [1.82, 2.24) is 14.9 Å². The van der Waals surface area contributed by atoms with Crippen molar-refractivity contribution in [2.24, 2.45) is 0 Å². The molecule has 7 nitrogen and oxygen atoms in total. The first-order valence-corrected chi connectivity index (χ1v) is 9.23. The Hall–Kier alpha value is -2.03. The summed E-state index contributed by atoms with van der Waals surface area (Å²) in [4.78, 5) is 12.6. The fourth-order valence-corrected chi connectivity index (χ4v) is 2.75. The first-order valence-electron chi connectivity index (χ1n) is 8.46. The number of β-amino-alcohol motifs (C(OH)–C–C–N with tert-alkyl or cyclic N) is 1. The number of ether oxygens (including phenoxy) is 2. The van der Waals surface area contributed by atoms with Crippen LogP contribution in [-0.4, -0.2) is 52.1 Å². The highest BCUT2D eigenvalue weighted by Gasteiger charge is 2.19. The van der Waals surface area contributed by atoms with Crippen molar-refractivity contribution < 1.29 is 19.4 Å². The van der Waals surface area contributed by atoms with Crippen molar-refractivity contribution in [3.63, 3.8) is 0 Å². The Labute approximate surface area is 157 Å². The summed E-state index contributed by atoms with van der Waals surface area (Å²) in [6.07, 6.45) is -0.602. The first kappa shape index (κ1) is 20.3. The molecular formula is C18H25N3O4S. The lowest BCUT2D eigenvalue weighted by Crippen LogP contribution is -2.42. The van der Waals surface area contributed by atoms with Gasteiger partial charge in [-0.15, -0.1) is 5.10 Å². The molecule has 0 aliphatic rings. The molecular weight excluding hydrogens is 354 g/mol. The molecule has 0 saturated carbocycles. The molecule has 26 heavy (non-hydrogen) atoms. The predicted octanol–water partition coefficient (Wildman–Crippen LogP) is 2.51. The zero-order chi connectivity index (χ0) is 19.2. The van der Waals surface area contributed by atoms with Crippen LogP contribution in [0.2, 0.25) is 0 Å². The smallest absolute Gasteiger partial charge is 0.360 e. The summed E-state index contributed by atoms with van der Waals surface area (Å²) in [7, 11) is 0. The molecule has 0 aliphatic carbocycles. The van der Waals surface area contributed by atoms with E-state index < -0.39 is 12.1 Å². The van der Waals surface area contributed by atoms with Crippen LogP contribution in [0.4, 0.5) is 0 Å². The minimum Gasteiger partial charge on any atom is -0.491 e. The summed E-state index contributed by atoms with van der Waals surface area (Å²) in [6, 6.07) is 7.22. The molecule has 1 aromatic carbocycles. The second-order valence-corrected chi connectivity index (χ2v) is 7.55. The highest BCUT2D eigenvalue weighted by atomic mass is 32.1. The average molecular weight is 379 g/mol. The summed E-state index contributed by atoms with van der Waals surface area (Å²) < 4.78 is 14.4. The van der Waals surface area contributed by atoms with Gasteiger partial charge in [0.2, 0.25) is 0 Å². The SMILES string of the molecule is CCOC(=O)c1nnsc1-c1ccc(OCC(O)CNC(C)(C)C)cc1. The van der Waals surface area contributed by atoms with Crippen LogP contribution >= 0.6 is 11.5 Å². The molecule has 8 heteroatoms. The molecule has 0 spiro atoms. The van der Waals surface area contributed by atoms with Gasteiger partial charge in [0.1, 0.15) is 18.5 Å². The summed E-state index contributed by atoms with van der Waals surface area (Å²) in [5.41, 5.74) is 0.974. The number of aliphatic hydroxyl groups is 1. The number of nitrogens with zero attached hydrogens (tertiary/aromatic N) is 2. The lowest BCUT2D eigenvalue weighted by Gasteiger charge is -2.22. The van der Waals surface area contributed by atoms with E-state index in [9.17, 15) is 9.90 Å². The first-order chi connectivity index (χ1) is 12.3. The predicted molar refractivity (Wildman–Crippen MR) is 101 cm³/mol. The van der Waals surface area contributed by atoms with E-state index in [4.69, 9.17) is 9.47 Å². The monoisotopic (exact) mass is 379 g/mol. The molecule has 0 amide bonds. The molecule has 0 fully saturated rings. The van der Waals surface area contributed by atoms with Gasteiger partial charge in [0.05, 0.1) is 11.5 Å². The van der Waals surface area contributed by atoms with E-state index in [1.807, 2.05) is 32.9 Å². The van der Waals surface area contributed by atoms with Crippen LogP contribution < -0.4 is 10.1 Å². The largest absolute Gasteiger partial charge is 0.491 e. The van der Waals surface area contributed by atoms with Crippen molar-refractivity contribution in [3.05, 3.63) is 30.0 Å². The number of hydrogen-bond donors (Lipinski definition) is 2. The van der Waals surface area contributed by atoms with Gasteiger partial charge in [-0.05, 0) is 69.1 Å². The van der Waals surface area contributed by atoms with Crippen LogP contribution in [0.15, 0.2) is 24.3 Å². The fourth-order valence-electron chi connectivity index (χ4n) is 2.09. The molecule has 2 N–H and O–H groups in total. The highest BCUT2D eigenvalue weighted by Crippen LogP contribution is 2.28. The Kier molecular flexibility index (Phi) is 7.07. The highest BCUT2D eigenvalue weighted by molar-refractivity contribution is 7.09. The average Bonchev–Trinajstić information content (AvgIpc) is 3.08. The third-order valence-electron chi connectivity index (χ3n) is 3.38. The van der Waals surface area contributed by atoms with Gasteiger partial charge < -0.3 is 19.9 Å². The minimum atomic E-state index is -0.602. The Bertz CT molecular complexity index is 710. The standard InChI is InChI=1S/C18H25N3O4S/c1-5-24-17(23)15-16(26-21-20-15)12-6-8-14(9-7-12)25-11-13(22)10-19-18(2,3)4/h6-9,13,19,22H,5,10-11H2,1-4H3. The van der Waals surface area contributed by atoms with Crippen LogP contribution in [-0.2, 0) is 4.74 Å². The van der Waals surface area contributed by atoms with Gasteiger partial charge in [-0.3, -0.25) is 0 Å². The molecule has 1 atom stereocenters. The Morgan fingerprint density at radius 1 is 1.31 bits per heavy atom. The minimum absolute atomic E-state index is 0.0535. The molecule has 142 valence electrons. The van der Waals surface area contributed by atoms with Gasteiger partial charge in [0.25, 0.3) is 0 Å². The van der Waals surface area contributed by atoms with Crippen LogP contribution in [0.5, 0.6) is 5.75 Å². The molecule has 0 bridgehead atoms. The van der Waals surface area contributed by atoms with Crippen molar-refractivity contribution in [2.45, 2.75) is 39.3 Å². The van der Waals surface area contributed by atoms with Crippen LogP contribution in [0, 0.1) is 0 Å². The maximum absolute atomic E-state index is 11.9. The second kappa shape index (κ2) is 9.07. The number of aliphatic hydroxyl groups excluding tert-OH is 1. The number of benzene rings is 1. The van der Waals surface area contributed by atoms with Gasteiger partial charge in [0, 0.05) is 12.1 Å². The number of nitrogens with one attached hydrogen (secondary N) is 1. The van der Waals surface area contributed by atoms with Gasteiger partial charge in [-0.25, -0.2) is 4.79 Å². The molecule has 2 rings (SSSR count). The number of esters is 1. The number of hydrogen-bond acceptors (Lipinski definition) is 8. The Morgan fingerprint density at radius 2 is 2.00 bits per heavy atom. The van der Waals surface area contributed by atoms with Gasteiger partial charge >= 0.3 is 5.97 Å². The van der Waals surface area contributed by atoms with Crippen LogP contribution in [0.25, 0.3) is 10.4 Å². The summed E-state index contributed by atoms with van der Waals surface area (Å²) >= 11 is 1.14. The van der Waals surface area contributed by atoms with E-state index in [2.05, 4.69) is 14.9 Å². The third kappa shape index (κ3) is 6.05. The number of carbonyl (C=O) groups excluding carboxylic acids is 1. The van der Waals surface area contributed by atoms with Crippen LogP contribution in [0.1, 0.15) is 38.2 Å². The van der Waals surface area contributed by atoms with E-state index in [-0.39, 0.29) is 24.4 Å². The Morgan fingerprint density at radius 3 is 2.62 bits per heavy atom.